The van der Waals surface area contributed by atoms with Crippen molar-refractivity contribution in [1.29, 1.82) is 0 Å². The Bertz CT molecular complexity index is 226. The Morgan fingerprint density at radius 2 is 2.15 bits per heavy atom. The van der Waals surface area contributed by atoms with Crippen molar-refractivity contribution in [1.82, 2.24) is 5.32 Å². The summed E-state index contributed by atoms with van der Waals surface area (Å²) in [6, 6.07) is 0. The number of nitrogens with one attached hydrogen (secondary N) is 1. The van der Waals surface area contributed by atoms with E-state index in [-0.39, 0.29) is 5.91 Å². The van der Waals surface area contributed by atoms with E-state index in [1.807, 2.05) is 25.2 Å². The Morgan fingerprint density at radius 3 is 2.62 bits per heavy atom. The summed E-state index contributed by atoms with van der Waals surface area (Å²) in [5.41, 5.74) is 1.08. The fourth-order valence-electron chi connectivity index (χ4n) is 0.856. The molecule has 13 heavy (non-hydrogen) atoms. The zero-order valence-electron chi connectivity index (χ0n) is 8.34. The standard InChI is InChI=1S/C11H17NO/c1-4-6-7-10(5-2)8-9-11(13)12-3/h4-7H,2,8-9H2,1,3H3,(H,12,13)/b6-4-,10-7+. The minimum Gasteiger partial charge on any atom is -0.359 e. The molecule has 0 saturated carbocycles. The largest absolute Gasteiger partial charge is 0.359 e. The highest BCUT2D eigenvalue weighted by Gasteiger charge is 1.98. The van der Waals surface area contributed by atoms with Crippen LogP contribution in [0.4, 0.5) is 0 Å². The van der Waals surface area contributed by atoms with Crippen molar-refractivity contribution in [2.24, 2.45) is 0 Å². The minimum absolute atomic E-state index is 0.0632. The summed E-state index contributed by atoms with van der Waals surface area (Å²) in [4.78, 5) is 10.9. The number of carbonyl (C=O) groups is 1. The Morgan fingerprint density at radius 1 is 1.46 bits per heavy atom. The van der Waals surface area contributed by atoms with E-state index in [9.17, 15) is 4.79 Å². The molecule has 1 N–H and O–H groups in total. The fourth-order valence-corrected chi connectivity index (χ4v) is 0.856. The highest BCUT2D eigenvalue weighted by atomic mass is 16.1. The van der Waals surface area contributed by atoms with Gasteiger partial charge in [-0.3, -0.25) is 4.79 Å². The molecule has 0 atom stereocenters. The van der Waals surface area contributed by atoms with Crippen LogP contribution < -0.4 is 5.32 Å². The highest BCUT2D eigenvalue weighted by Crippen LogP contribution is 2.05. The third kappa shape index (κ3) is 5.91. The number of carbonyl (C=O) groups excluding carboxylic acids is 1. The molecule has 0 aromatic heterocycles. The third-order valence-electron chi connectivity index (χ3n) is 1.68. The van der Waals surface area contributed by atoms with Crippen LogP contribution in [-0.4, -0.2) is 13.0 Å². The zero-order chi connectivity index (χ0) is 10.1. The Balaban J connectivity index is 3.99. The van der Waals surface area contributed by atoms with Crippen LogP contribution >= 0.6 is 0 Å². The normalized spacial score (nSPS) is 11.7. The molecule has 0 fully saturated rings. The Kier molecular flexibility index (Phi) is 6.60. The first-order valence-corrected chi connectivity index (χ1v) is 4.39. The lowest BCUT2D eigenvalue weighted by molar-refractivity contribution is -0.120. The van der Waals surface area contributed by atoms with E-state index in [0.717, 1.165) is 12.0 Å². The van der Waals surface area contributed by atoms with Gasteiger partial charge in [0.25, 0.3) is 0 Å². The van der Waals surface area contributed by atoms with Gasteiger partial charge in [0.1, 0.15) is 0 Å². The number of allylic oxidation sites excluding steroid dienone is 5. The molecule has 0 aliphatic carbocycles. The number of rotatable bonds is 5. The summed E-state index contributed by atoms with van der Waals surface area (Å²) in [5, 5.41) is 2.58. The molecule has 0 aliphatic heterocycles. The molecule has 0 rings (SSSR count). The molecule has 0 radical (unpaired) electrons. The first-order chi connectivity index (χ1) is 6.24. The monoisotopic (exact) mass is 179 g/mol. The summed E-state index contributed by atoms with van der Waals surface area (Å²) >= 11 is 0. The van der Waals surface area contributed by atoms with Gasteiger partial charge in [-0.1, -0.05) is 30.9 Å². The highest BCUT2D eigenvalue weighted by molar-refractivity contribution is 5.75. The Labute approximate surface area is 80.0 Å². The van der Waals surface area contributed by atoms with Gasteiger partial charge >= 0.3 is 0 Å². The van der Waals surface area contributed by atoms with Crippen LogP contribution in [0, 0.1) is 0 Å². The van der Waals surface area contributed by atoms with E-state index in [4.69, 9.17) is 0 Å². The van der Waals surface area contributed by atoms with Crippen molar-refractivity contribution >= 4 is 5.91 Å². The topological polar surface area (TPSA) is 29.1 Å². The molecule has 2 heteroatoms. The average molecular weight is 179 g/mol. The summed E-state index contributed by atoms with van der Waals surface area (Å²) in [6.45, 7) is 5.64. The summed E-state index contributed by atoms with van der Waals surface area (Å²) in [7, 11) is 1.64. The lowest BCUT2D eigenvalue weighted by Crippen LogP contribution is -2.17. The minimum atomic E-state index is 0.0632. The molecule has 0 unspecified atom stereocenters. The van der Waals surface area contributed by atoms with Gasteiger partial charge in [0.05, 0.1) is 0 Å². The SMILES string of the molecule is C=C/C(=C\C=C/C)CCC(=O)NC. The van der Waals surface area contributed by atoms with Crippen LogP contribution in [0.2, 0.25) is 0 Å². The van der Waals surface area contributed by atoms with Crippen molar-refractivity contribution < 1.29 is 4.79 Å². The van der Waals surface area contributed by atoms with E-state index >= 15 is 0 Å². The molecule has 0 saturated heterocycles. The van der Waals surface area contributed by atoms with E-state index in [0.29, 0.717) is 6.42 Å². The van der Waals surface area contributed by atoms with Crippen LogP contribution in [0.3, 0.4) is 0 Å². The van der Waals surface area contributed by atoms with Gasteiger partial charge in [-0.05, 0) is 18.9 Å². The van der Waals surface area contributed by atoms with E-state index in [1.54, 1.807) is 13.1 Å². The van der Waals surface area contributed by atoms with Crippen LogP contribution in [-0.2, 0) is 4.79 Å². The van der Waals surface area contributed by atoms with Crippen molar-refractivity contribution in [3.8, 4) is 0 Å². The maximum Gasteiger partial charge on any atom is 0.220 e. The van der Waals surface area contributed by atoms with Gasteiger partial charge in [-0.15, -0.1) is 0 Å². The van der Waals surface area contributed by atoms with Crippen LogP contribution in [0.15, 0.2) is 36.5 Å². The summed E-state index contributed by atoms with van der Waals surface area (Å²) in [5.74, 6) is 0.0632. The smallest absolute Gasteiger partial charge is 0.220 e. The first kappa shape index (κ1) is 11.7. The lowest BCUT2D eigenvalue weighted by Gasteiger charge is -1.99. The van der Waals surface area contributed by atoms with Gasteiger partial charge in [-0.2, -0.15) is 0 Å². The van der Waals surface area contributed by atoms with E-state index in [2.05, 4.69) is 11.9 Å². The number of amides is 1. The average Bonchev–Trinajstić information content (AvgIpc) is 2.17. The fraction of sp³-hybridized carbons (Fsp3) is 0.364. The molecule has 0 bridgehead atoms. The molecule has 0 heterocycles. The van der Waals surface area contributed by atoms with Crippen LogP contribution in [0.1, 0.15) is 19.8 Å². The lowest BCUT2D eigenvalue weighted by atomic mass is 10.1. The van der Waals surface area contributed by atoms with Gasteiger partial charge < -0.3 is 5.32 Å². The molecular weight excluding hydrogens is 162 g/mol. The van der Waals surface area contributed by atoms with Crippen molar-refractivity contribution in [3.63, 3.8) is 0 Å². The molecule has 1 amide bonds. The summed E-state index contributed by atoms with van der Waals surface area (Å²) in [6.07, 6.45) is 8.91. The molecule has 0 spiro atoms. The van der Waals surface area contributed by atoms with Crippen LogP contribution in [0.5, 0.6) is 0 Å². The maximum absolute atomic E-state index is 10.9. The van der Waals surface area contributed by atoms with E-state index in [1.165, 1.54) is 0 Å². The third-order valence-corrected chi connectivity index (χ3v) is 1.68. The Hall–Kier alpha value is -1.31. The molecule has 2 nitrogen and oxygen atoms in total. The predicted octanol–water partition coefficient (Wildman–Crippen LogP) is 2.20. The first-order valence-electron chi connectivity index (χ1n) is 4.39. The van der Waals surface area contributed by atoms with Gasteiger partial charge in [0.2, 0.25) is 5.91 Å². The predicted molar refractivity (Wildman–Crippen MR) is 56.4 cm³/mol. The van der Waals surface area contributed by atoms with Crippen molar-refractivity contribution in [2.75, 3.05) is 7.05 Å². The quantitative estimate of drug-likeness (QED) is 0.644. The van der Waals surface area contributed by atoms with E-state index < -0.39 is 0 Å². The number of hydrogen-bond acceptors (Lipinski definition) is 1. The molecular formula is C11H17NO. The molecule has 0 aliphatic rings. The number of hydrogen-bond donors (Lipinski definition) is 1. The van der Waals surface area contributed by atoms with Gasteiger partial charge in [0, 0.05) is 13.5 Å². The molecule has 0 aromatic rings. The summed E-state index contributed by atoms with van der Waals surface area (Å²) < 4.78 is 0. The second kappa shape index (κ2) is 7.35. The van der Waals surface area contributed by atoms with Gasteiger partial charge in [0.15, 0.2) is 0 Å². The van der Waals surface area contributed by atoms with Gasteiger partial charge in [-0.25, -0.2) is 0 Å². The second-order valence-electron chi connectivity index (χ2n) is 2.64. The molecule has 0 aromatic carbocycles. The maximum atomic E-state index is 10.9. The van der Waals surface area contributed by atoms with Crippen molar-refractivity contribution in [2.45, 2.75) is 19.8 Å². The van der Waals surface area contributed by atoms with Crippen molar-refractivity contribution in [3.05, 3.63) is 36.5 Å². The zero-order valence-corrected chi connectivity index (χ0v) is 8.34. The second-order valence-corrected chi connectivity index (χ2v) is 2.64. The molecule has 72 valence electrons. The van der Waals surface area contributed by atoms with Crippen LogP contribution in [0.25, 0.3) is 0 Å².